The first-order valence-electron chi connectivity index (χ1n) is 11.2. The molecule has 0 unspecified atom stereocenters. The third kappa shape index (κ3) is 3.37. The number of aromatic amines is 1. The molecular weight excluding hydrogens is 388 g/mol. The van der Waals surface area contributed by atoms with Crippen LogP contribution in [0, 0.1) is 4.77 Å². The van der Waals surface area contributed by atoms with Crippen molar-refractivity contribution in [1.29, 1.82) is 0 Å². The van der Waals surface area contributed by atoms with Crippen molar-refractivity contribution < 1.29 is 0 Å². The van der Waals surface area contributed by atoms with E-state index >= 15 is 0 Å². The topological polar surface area (TPSA) is 37.8 Å². The predicted octanol–water partition coefficient (Wildman–Crippen LogP) is 5.96. The molecule has 5 rings (SSSR count). The smallest absolute Gasteiger partial charge is 0.258 e. The second kappa shape index (κ2) is 7.99. The summed E-state index contributed by atoms with van der Waals surface area (Å²) in [5.74, 6) is 0. The van der Waals surface area contributed by atoms with Crippen LogP contribution in [-0.2, 0) is 24.8 Å². The molecule has 3 nitrogen and oxygen atoms in total. The van der Waals surface area contributed by atoms with Gasteiger partial charge in [0, 0.05) is 23.1 Å². The maximum absolute atomic E-state index is 13.9. The van der Waals surface area contributed by atoms with Gasteiger partial charge in [-0.2, -0.15) is 0 Å². The second-order valence-electron chi connectivity index (χ2n) is 8.90. The van der Waals surface area contributed by atoms with Gasteiger partial charge in [0.15, 0.2) is 4.77 Å². The minimum atomic E-state index is -0.0642. The molecule has 1 heterocycles. The zero-order chi connectivity index (χ0) is 20.6. The largest absolute Gasteiger partial charge is 0.331 e. The van der Waals surface area contributed by atoms with Gasteiger partial charge < -0.3 is 4.98 Å². The van der Waals surface area contributed by atoms with Crippen molar-refractivity contribution in [3.05, 3.63) is 86.4 Å². The number of fused-ring (bicyclic) bond motifs is 4. The number of H-pyrrole nitrogens is 1. The summed E-state index contributed by atoms with van der Waals surface area (Å²) in [6.45, 7) is 0.614. The third-order valence-electron chi connectivity index (χ3n) is 7.06. The molecule has 0 bridgehead atoms. The lowest BCUT2D eigenvalue weighted by atomic mass is 9.65. The van der Waals surface area contributed by atoms with Crippen LogP contribution in [0.5, 0.6) is 0 Å². The lowest BCUT2D eigenvalue weighted by molar-refractivity contribution is 0.355. The summed E-state index contributed by atoms with van der Waals surface area (Å²) in [5.41, 5.74) is 5.76. The average Bonchev–Trinajstić information content (AvgIpc) is 3.00. The van der Waals surface area contributed by atoms with Crippen LogP contribution < -0.4 is 5.56 Å². The first-order chi connectivity index (χ1) is 14.7. The highest BCUT2D eigenvalue weighted by atomic mass is 32.1. The Hall–Kier alpha value is -2.46. The molecule has 0 atom stereocenters. The lowest BCUT2D eigenvalue weighted by Gasteiger charge is -2.39. The molecule has 0 radical (unpaired) electrons. The van der Waals surface area contributed by atoms with Crippen LogP contribution in [0.2, 0.25) is 0 Å². The van der Waals surface area contributed by atoms with E-state index in [0.29, 0.717) is 11.3 Å². The Balaban J connectivity index is 1.66. The maximum atomic E-state index is 13.9. The van der Waals surface area contributed by atoms with Gasteiger partial charge in [0.2, 0.25) is 0 Å². The van der Waals surface area contributed by atoms with E-state index in [1.807, 2.05) is 22.8 Å². The van der Waals surface area contributed by atoms with E-state index in [1.165, 1.54) is 36.8 Å². The third-order valence-corrected chi connectivity index (χ3v) is 7.38. The van der Waals surface area contributed by atoms with Crippen LogP contribution in [0.4, 0.5) is 0 Å². The molecule has 154 valence electrons. The van der Waals surface area contributed by atoms with E-state index in [1.54, 1.807) is 0 Å². The first kappa shape index (κ1) is 19.5. The van der Waals surface area contributed by atoms with Crippen LogP contribution in [-0.4, -0.2) is 9.55 Å². The monoisotopic (exact) mass is 416 g/mol. The minimum absolute atomic E-state index is 0.0642. The Labute approximate surface area is 182 Å². The van der Waals surface area contributed by atoms with Gasteiger partial charge in [-0.25, -0.2) is 0 Å². The van der Waals surface area contributed by atoms with Crippen LogP contribution >= 0.6 is 12.2 Å². The Morgan fingerprint density at radius 1 is 0.933 bits per heavy atom. The molecule has 1 aromatic heterocycles. The minimum Gasteiger partial charge on any atom is -0.331 e. The first-order valence-corrected chi connectivity index (χ1v) is 11.6. The van der Waals surface area contributed by atoms with Gasteiger partial charge in [-0.1, -0.05) is 80.3 Å². The number of hydrogen-bond donors (Lipinski definition) is 1. The second-order valence-corrected chi connectivity index (χ2v) is 9.29. The van der Waals surface area contributed by atoms with Crippen LogP contribution in [0.3, 0.4) is 0 Å². The van der Waals surface area contributed by atoms with E-state index in [2.05, 4.69) is 41.4 Å². The van der Waals surface area contributed by atoms with Gasteiger partial charge in [-0.05, 0) is 49.0 Å². The lowest BCUT2D eigenvalue weighted by Crippen LogP contribution is -2.41. The summed E-state index contributed by atoms with van der Waals surface area (Å²) in [6.07, 6.45) is 8.88. The van der Waals surface area contributed by atoms with Gasteiger partial charge in [-0.15, -0.1) is 0 Å². The molecule has 1 saturated carbocycles. The van der Waals surface area contributed by atoms with Gasteiger partial charge in [0.1, 0.15) is 0 Å². The summed E-state index contributed by atoms with van der Waals surface area (Å²) in [6, 6.07) is 18.9. The highest BCUT2D eigenvalue weighted by molar-refractivity contribution is 7.71. The molecule has 4 heteroatoms. The number of aryl methyl sites for hydroxylation is 1. The number of aromatic nitrogens is 2. The van der Waals surface area contributed by atoms with Crippen molar-refractivity contribution in [3.8, 4) is 11.3 Å². The van der Waals surface area contributed by atoms with Gasteiger partial charge in [-0.3, -0.25) is 9.36 Å². The average molecular weight is 417 g/mol. The number of benzene rings is 2. The van der Waals surface area contributed by atoms with Crippen molar-refractivity contribution in [2.24, 2.45) is 0 Å². The van der Waals surface area contributed by atoms with Crippen molar-refractivity contribution in [1.82, 2.24) is 9.55 Å². The van der Waals surface area contributed by atoms with Gasteiger partial charge >= 0.3 is 0 Å². The van der Waals surface area contributed by atoms with Crippen molar-refractivity contribution in [3.63, 3.8) is 0 Å². The number of rotatable bonds is 3. The van der Waals surface area contributed by atoms with E-state index in [-0.39, 0.29) is 11.0 Å². The molecule has 0 aliphatic heterocycles. The highest BCUT2D eigenvalue weighted by Crippen LogP contribution is 2.47. The number of nitrogens with zero attached hydrogens (tertiary/aromatic N) is 1. The molecular formula is C26H28N2OS. The Morgan fingerprint density at radius 3 is 2.40 bits per heavy atom. The molecule has 0 saturated heterocycles. The number of hydrogen-bond acceptors (Lipinski definition) is 2. The summed E-state index contributed by atoms with van der Waals surface area (Å²) in [4.78, 5) is 17.4. The fraction of sp³-hybridized carbons (Fsp3) is 0.385. The van der Waals surface area contributed by atoms with E-state index in [0.717, 1.165) is 42.5 Å². The maximum Gasteiger partial charge on any atom is 0.258 e. The van der Waals surface area contributed by atoms with E-state index in [9.17, 15) is 4.79 Å². The molecule has 2 aliphatic carbocycles. The molecule has 1 fully saturated rings. The predicted molar refractivity (Wildman–Crippen MR) is 125 cm³/mol. The quantitative estimate of drug-likeness (QED) is 0.535. The molecule has 3 aromatic rings. The Morgan fingerprint density at radius 2 is 1.63 bits per heavy atom. The molecule has 30 heavy (non-hydrogen) atoms. The fourth-order valence-corrected chi connectivity index (χ4v) is 5.83. The van der Waals surface area contributed by atoms with Crippen LogP contribution in [0.15, 0.2) is 59.4 Å². The fourth-order valence-electron chi connectivity index (χ4n) is 5.56. The van der Waals surface area contributed by atoms with Crippen LogP contribution in [0.25, 0.3) is 11.3 Å². The standard InChI is InChI=1S/C26H28N2OS/c29-24-22-23(27-25(30)28(24)17-14-19-10-4-3-5-11-19)21-13-7-6-12-20(21)18-26(22)15-8-1-2-9-16-26/h3-7,10-13H,1-2,8-9,14-18H2,(H,27,30). The van der Waals surface area contributed by atoms with Gasteiger partial charge in [0.25, 0.3) is 5.56 Å². The van der Waals surface area contributed by atoms with E-state index < -0.39 is 0 Å². The summed E-state index contributed by atoms with van der Waals surface area (Å²) < 4.78 is 2.34. The van der Waals surface area contributed by atoms with Crippen molar-refractivity contribution in [2.75, 3.05) is 0 Å². The molecule has 0 amide bonds. The summed E-state index contributed by atoms with van der Waals surface area (Å²) in [7, 11) is 0. The zero-order valence-electron chi connectivity index (χ0n) is 17.3. The highest BCUT2D eigenvalue weighted by Gasteiger charge is 2.42. The molecule has 1 spiro atoms. The van der Waals surface area contributed by atoms with Crippen molar-refractivity contribution in [2.45, 2.75) is 63.3 Å². The normalized spacial score (nSPS) is 17.2. The van der Waals surface area contributed by atoms with Crippen LogP contribution in [0.1, 0.15) is 55.2 Å². The molecule has 2 aliphatic rings. The molecule has 1 N–H and O–H groups in total. The summed E-state index contributed by atoms with van der Waals surface area (Å²) in [5, 5.41) is 0. The van der Waals surface area contributed by atoms with E-state index in [4.69, 9.17) is 12.2 Å². The Kier molecular flexibility index (Phi) is 5.20. The van der Waals surface area contributed by atoms with Gasteiger partial charge in [0.05, 0.1) is 5.69 Å². The van der Waals surface area contributed by atoms with Crippen molar-refractivity contribution >= 4 is 12.2 Å². The Bertz CT molecular complexity index is 1170. The molecule has 2 aromatic carbocycles. The number of nitrogens with one attached hydrogen (secondary N) is 1. The summed E-state index contributed by atoms with van der Waals surface area (Å²) >= 11 is 5.69. The SMILES string of the molecule is O=c1c2c([nH]c(=S)n1CCc1ccccc1)-c1ccccc1CC21CCCCCC1. The zero-order valence-corrected chi connectivity index (χ0v) is 18.1.